The fraction of sp³-hybridized carbons (Fsp3) is 0.304. The normalized spacial score (nSPS) is 13.6. The molecule has 6 N–H and O–H groups in total. The molecule has 0 aliphatic heterocycles. The van der Waals surface area contributed by atoms with E-state index >= 15 is 0 Å². The van der Waals surface area contributed by atoms with E-state index in [1.165, 1.54) is 6.42 Å². The summed E-state index contributed by atoms with van der Waals surface area (Å²) in [5, 5.41) is 0. The van der Waals surface area contributed by atoms with Gasteiger partial charge in [-0.25, -0.2) is 4.98 Å². The van der Waals surface area contributed by atoms with Gasteiger partial charge in [-0.15, -0.1) is 0 Å². The van der Waals surface area contributed by atoms with Gasteiger partial charge in [-0.3, -0.25) is 0 Å². The standard InChI is InChI=1S/C23H27N5O2/c1-2-29-21-19(14-7-4-3-5-8-14)18(30-17-9-6-10-17)12-15(20(21)24)11-16-13-27-23(26)28-22(16)25/h3-5,7-8,12-13,17H,2,6,9-11,24H2,1H3,(H4,25,26,27,28). The molecule has 1 aliphatic carbocycles. The van der Waals surface area contributed by atoms with Gasteiger partial charge in [0.15, 0.2) is 5.75 Å². The maximum absolute atomic E-state index is 6.59. The fourth-order valence-electron chi connectivity index (χ4n) is 3.56. The molecular weight excluding hydrogens is 378 g/mol. The molecule has 4 rings (SSSR count). The molecule has 0 spiro atoms. The third-order valence-electron chi connectivity index (χ3n) is 5.36. The Morgan fingerprint density at radius 3 is 2.47 bits per heavy atom. The second kappa shape index (κ2) is 8.49. The molecule has 0 bridgehead atoms. The molecule has 1 aromatic heterocycles. The number of hydrogen-bond acceptors (Lipinski definition) is 7. The van der Waals surface area contributed by atoms with Gasteiger partial charge in [-0.1, -0.05) is 30.3 Å². The molecule has 3 aromatic rings. The molecule has 0 atom stereocenters. The zero-order chi connectivity index (χ0) is 21.1. The van der Waals surface area contributed by atoms with Crippen LogP contribution in [0.1, 0.15) is 37.3 Å². The minimum absolute atomic E-state index is 0.146. The van der Waals surface area contributed by atoms with Crippen molar-refractivity contribution in [2.24, 2.45) is 0 Å². The average molecular weight is 406 g/mol. The van der Waals surface area contributed by atoms with E-state index in [0.717, 1.165) is 40.8 Å². The van der Waals surface area contributed by atoms with Crippen LogP contribution in [0.2, 0.25) is 0 Å². The lowest BCUT2D eigenvalue weighted by molar-refractivity contribution is 0.120. The number of nitrogens with zero attached hydrogens (tertiary/aromatic N) is 2. The maximum Gasteiger partial charge on any atom is 0.221 e. The van der Waals surface area contributed by atoms with Gasteiger partial charge in [0, 0.05) is 18.2 Å². The highest BCUT2D eigenvalue weighted by Crippen LogP contribution is 2.46. The topological polar surface area (TPSA) is 122 Å². The zero-order valence-electron chi connectivity index (χ0n) is 17.1. The van der Waals surface area contributed by atoms with Crippen molar-refractivity contribution in [1.29, 1.82) is 0 Å². The number of ether oxygens (including phenoxy) is 2. The summed E-state index contributed by atoms with van der Waals surface area (Å²) in [5.41, 5.74) is 22.3. The van der Waals surface area contributed by atoms with Crippen LogP contribution in [0.15, 0.2) is 42.6 Å². The first-order valence-corrected chi connectivity index (χ1v) is 10.2. The lowest BCUT2D eigenvalue weighted by atomic mass is 9.94. The van der Waals surface area contributed by atoms with Crippen LogP contribution >= 0.6 is 0 Å². The summed E-state index contributed by atoms with van der Waals surface area (Å²) >= 11 is 0. The van der Waals surface area contributed by atoms with E-state index in [0.29, 0.717) is 30.3 Å². The van der Waals surface area contributed by atoms with Crippen LogP contribution in [0, 0.1) is 0 Å². The number of rotatable bonds is 7. The van der Waals surface area contributed by atoms with Crippen LogP contribution in [-0.4, -0.2) is 22.7 Å². The first kappa shape index (κ1) is 19.8. The minimum Gasteiger partial charge on any atom is -0.491 e. The smallest absolute Gasteiger partial charge is 0.221 e. The molecule has 2 aromatic carbocycles. The van der Waals surface area contributed by atoms with Crippen LogP contribution in [0.25, 0.3) is 11.1 Å². The second-order valence-corrected chi connectivity index (χ2v) is 7.44. The second-order valence-electron chi connectivity index (χ2n) is 7.44. The van der Waals surface area contributed by atoms with Gasteiger partial charge in [0.1, 0.15) is 11.6 Å². The van der Waals surface area contributed by atoms with E-state index in [4.69, 9.17) is 26.7 Å². The highest BCUT2D eigenvalue weighted by atomic mass is 16.5. The SMILES string of the molecule is CCOc1c(N)c(Cc2cnc(N)nc2N)cc(OC2CCC2)c1-c1ccccc1. The predicted molar refractivity (Wildman–Crippen MR) is 119 cm³/mol. The van der Waals surface area contributed by atoms with Gasteiger partial charge >= 0.3 is 0 Å². The van der Waals surface area contributed by atoms with Gasteiger partial charge in [-0.2, -0.15) is 4.98 Å². The maximum atomic E-state index is 6.59. The van der Waals surface area contributed by atoms with Crippen molar-refractivity contribution < 1.29 is 9.47 Å². The molecular formula is C23H27N5O2. The van der Waals surface area contributed by atoms with Gasteiger partial charge < -0.3 is 26.7 Å². The first-order chi connectivity index (χ1) is 14.6. The number of nitrogens with two attached hydrogens (primary N) is 3. The largest absolute Gasteiger partial charge is 0.491 e. The van der Waals surface area contributed by atoms with Crippen LogP contribution in [0.3, 0.4) is 0 Å². The van der Waals surface area contributed by atoms with E-state index in [-0.39, 0.29) is 12.1 Å². The molecule has 7 heteroatoms. The van der Waals surface area contributed by atoms with Crippen LogP contribution in [0.5, 0.6) is 11.5 Å². The molecule has 156 valence electrons. The average Bonchev–Trinajstić information content (AvgIpc) is 2.70. The molecule has 0 radical (unpaired) electrons. The summed E-state index contributed by atoms with van der Waals surface area (Å²) in [6.45, 7) is 2.43. The monoisotopic (exact) mass is 405 g/mol. The van der Waals surface area contributed by atoms with Crippen LogP contribution in [-0.2, 0) is 6.42 Å². The quantitative estimate of drug-likeness (QED) is 0.511. The van der Waals surface area contributed by atoms with Crippen molar-refractivity contribution in [2.45, 2.75) is 38.7 Å². The Labute approximate surface area is 176 Å². The Balaban J connectivity index is 1.84. The lowest BCUT2D eigenvalue weighted by Crippen LogP contribution is -2.25. The minimum atomic E-state index is 0.146. The third-order valence-corrected chi connectivity index (χ3v) is 5.36. The molecule has 0 unspecified atom stereocenters. The highest BCUT2D eigenvalue weighted by Gasteiger charge is 2.25. The van der Waals surface area contributed by atoms with E-state index in [9.17, 15) is 0 Å². The van der Waals surface area contributed by atoms with Gasteiger partial charge in [-0.05, 0) is 43.4 Å². The summed E-state index contributed by atoms with van der Waals surface area (Å²) in [6.07, 6.45) is 5.59. The zero-order valence-corrected chi connectivity index (χ0v) is 17.1. The van der Waals surface area contributed by atoms with Crippen molar-refractivity contribution in [3.8, 4) is 22.6 Å². The Morgan fingerprint density at radius 2 is 1.83 bits per heavy atom. The van der Waals surface area contributed by atoms with Crippen molar-refractivity contribution in [2.75, 3.05) is 23.8 Å². The van der Waals surface area contributed by atoms with Crippen molar-refractivity contribution in [3.63, 3.8) is 0 Å². The van der Waals surface area contributed by atoms with E-state index in [1.807, 2.05) is 43.3 Å². The summed E-state index contributed by atoms with van der Waals surface area (Å²) in [4.78, 5) is 8.12. The van der Waals surface area contributed by atoms with E-state index < -0.39 is 0 Å². The molecule has 1 saturated carbocycles. The van der Waals surface area contributed by atoms with Crippen molar-refractivity contribution >= 4 is 17.5 Å². The molecule has 7 nitrogen and oxygen atoms in total. The van der Waals surface area contributed by atoms with Gasteiger partial charge in [0.25, 0.3) is 0 Å². The van der Waals surface area contributed by atoms with Crippen molar-refractivity contribution in [1.82, 2.24) is 9.97 Å². The number of benzene rings is 2. The summed E-state index contributed by atoms with van der Waals surface area (Å²) < 4.78 is 12.4. The van der Waals surface area contributed by atoms with Gasteiger partial charge in [0.2, 0.25) is 5.95 Å². The Morgan fingerprint density at radius 1 is 1.07 bits per heavy atom. The third kappa shape index (κ3) is 3.96. The fourth-order valence-corrected chi connectivity index (χ4v) is 3.56. The first-order valence-electron chi connectivity index (χ1n) is 10.2. The van der Waals surface area contributed by atoms with Crippen LogP contribution < -0.4 is 26.7 Å². The van der Waals surface area contributed by atoms with Crippen LogP contribution in [0.4, 0.5) is 17.5 Å². The number of anilines is 3. The van der Waals surface area contributed by atoms with Gasteiger partial charge in [0.05, 0.1) is 24.0 Å². The Kier molecular flexibility index (Phi) is 5.61. The molecule has 1 fully saturated rings. The molecule has 1 heterocycles. The number of hydrogen-bond donors (Lipinski definition) is 3. The molecule has 0 amide bonds. The van der Waals surface area contributed by atoms with E-state index in [2.05, 4.69) is 9.97 Å². The molecule has 0 saturated heterocycles. The lowest BCUT2D eigenvalue weighted by Gasteiger charge is -2.29. The molecule has 1 aliphatic rings. The predicted octanol–water partition coefficient (Wildman–Crippen LogP) is 3.81. The Hall–Kier alpha value is -3.48. The number of aromatic nitrogens is 2. The summed E-state index contributed by atoms with van der Waals surface area (Å²) in [5.74, 6) is 1.89. The Bertz CT molecular complexity index is 1040. The number of nitrogen functional groups attached to an aromatic ring is 3. The van der Waals surface area contributed by atoms with Crippen molar-refractivity contribution in [3.05, 3.63) is 53.7 Å². The molecule has 30 heavy (non-hydrogen) atoms. The summed E-state index contributed by atoms with van der Waals surface area (Å²) in [6, 6.07) is 12.0. The van der Waals surface area contributed by atoms with E-state index in [1.54, 1.807) is 6.20 Å². The summed E-state index contributed by atoms with van der Waals surface area (Å²) in [7, 11) is 0. The highest BCUT2D eigenvalue weighted by molar-refractivity contribution is 5.84.